The van der Waals surface area contributed by atoms with Gasteiger partial charge in [-0.3, -0.25) is 9.58 Å². The fourth-order valence-corrected chi connectivity index (χ4v) is 4.04. The van der Waals surface area contributed by atoms with E-state index in [9.17, 15) is 8.42 Å². The van der Waals surface area contributed by atoms with Crippen LogP contribution < -0.4 is 0 Å². The van der Waals surface area contributed by atoms with Crippen molar-refractivity contribution in [2.24, 2.45) is 7.05 Å². The maximum Gasteiger partial charge on any atom is 0.152 e. The molecular formula is C12H21BrN4O2S. The Hall–Kier alpha value is -0.440. The number of nitrogens with zero attached hydrogens (tertiary/aromatic N) is 4. The molecule has 0 saturated carbocycles. The van der Waals surface area contributed by atoms with Crippen molar-refractivity contribution in [3.63, 3.8) is 0 Å². The SMILES string of the molecule is CN(CCN1CCS(=O)(=O)CC1)Cc1cc(Br)nn1C. The van der Waals surface area contributed by atoms with Gasteiger partial charge in [0.05, 0.1) is 17.2 Å². The Morgan fingerprint density at radius 3 is 2.60 bits per heavy atom. The van der Waals surface area contributed by atoms with Crippen LogP contribution in [-0.2, 0) is 23.4 Å². The molecule has 1 aromatic rings. The number of likely N-dealkylation sites (N-methyl/N-ethyl adjacent to an activating group) is 1. The van der Waals surface area contributed by atoms with E-state index in [1.165, 1.54) is 0 Å². The van der Waals surface area contributed by atoms with Crippen LogP contribution in [0.5, 0.6) is 0 Å². The fraction of sp³-hybridized carbons (Fsp3) is 0.750. The van der Waals surface area contributed by atoms with Crippen LogP contribution in [0.2, 0.25) is 0 Å². The first-order chi connectivity index (χ1) is 9.35. The number of halogens is 1. The molecule has 0 aliphatic carbocycles. The Kier molecular flexibility index (Phi) is 5.22. The average Bonchev–Trinajstić information content (AvgIpc) is 2.66. The highest BCUT2D eigenvalue weighted by Crippen LogP contribution is 2.11. The minimum Gasteiger partial charge on any atom is -0.300 e. The van der Waals surface area contributed by atoms with Gasteiger partial charge in [-0.2, -0.15) is 5.10 Å². The van der Waals surface area contributed by atoms with E-state index in [2.05, 4.69) is 37.9 Å². The van der Waals surface area contributed by atoms with Gasteiger partial charge in [0.2, 0.25) is 0 Å². The number of rotatable bonds is 5. The van der Waals surface area contributed by atoms with Gasteiger partial charge in [0, 0.05) is 39.8 Å². The minimum atomic E-state index is -2.78. The number of aromatic nitrogens is 2. The lowest BCUT2D eigenvalue weighted by Crippen LogP contribution is -2.43. The lowest BCUT2D eigenvalue weighted by atomic mass is 10.3. The Balaban J connectivity index is 1.75. The molecule has 0 N–H and O–H groups in total. The van der Waals surface area contributed by atoms with E-state index in [0.29, 0.717) is 24.6 Å². The Morgan fingerprint density at radius 2 is 2.05 bits per heavy atom. The molecule has 1 aliphatic rings. The predicted octanol–water partition coefficient (Wildman–Crippen LogP) is 0.345. The smallest absolute Gasteiger partial charge is 0.152 e. The normalized spacial score (nSPS) is 19.6. The van der Waals surface area contributed by atoms with Gasteiger partial charge in [0.25, 0.3) is 0 Å². The van der Waals surface area contributed by atoms with Crippen molar-refractivity contribution in [3.8, 4) is 0 Å². The second kappa shape index (κ2) is 6.55. The Labute approximate surface area is 128 Å². The molecule has 2 rings (SSSR count). The van der Waals surface area contributed by atoms with Crippen molar-refractivity contribution < 1.29 is 8.42 Å². The van der Waals surface area contributed by atoms with Crippen LogP contribution in [0.4, 0.5) is 0 Å². The second-order valence-corrected chi connectivity index (χ2v) is 8.43. The third-order valence-corrected chi connectivity index (χ3v) is 5.61. The van der Waals surface area contributed by atoms with Crippen molar-refractivity contribution in [1.82, 2.24) is 19.6 Å². The zero-order chi connectivity index (χ0) is 14.8. The Morgan fingerprint density at radius 1 is 1.40 bits per heavy atom. The second-order valence-electron chi connectivity index (χ2n) is 5.31. The van der Waals surface area contributed by atoms with E-state index in [4.69, 9.17) is 0 Å². The molecule has 0 atom stereocenters. The molecule has 1 saturated heterocycles. The molecule has 2 heterocycles. The summed E-state index contributed by atoms with van der Waals surface area (Å²) in [6, 6.07) is 2.02. The van der Waals surface area contributed by atoms with Crippen LogP contribution in [0, 0.1) is 0 Å². The minimum absolute atomic E-state index is 0.297. The first-order valence-corrected chi connectivity index (χ1v) is 9.27. The van der Waals surface area contributed by atoms with E-state index in [1.54, 1.807) is 0 Å². The molecule has 0 aromatic carbocycles. The lowest BCUT2D eigenvalue weighted by molar-refractivity contribution is 0.230. The molecule has 6 nitrogen and oxygen atoms in total. The van der Waals surface area contributed by atoms with Gasteiger partial charge in [-0.1, -0.05) is 0 Å². The standard InChI is InChI=1S/C12H21BrN4O2S/c1-15(10-11-9-12(13)14-16(11)2)3-4-17-5-7-20(18,19)8-6-17/h9H,3-8,10H2,1-2H3. The maximum atomic E-state index is 11.4. The molecule has 1 fully saturated rings. The zero-order valence-corrected chi connectivity index (χ0v) is 14.3. The highest BCUT2D eigenvalue weighted by Gasteiger charge is 2.21. The molecular weight excluding hydrogens is 344 g/mol. The molecule has 20 heavy (non-hydrogen) atoms. The molecule has 0 spiro atoms. The monoisotopic (exact) mass is 364 g/mol. The number of hydrogen-bond acceptors (Lipinski definition) is 5. The van der Waals surface area contributed by atoms with Crippen LogP contribution in [0.25, 0.3) is 0 Å². The molecule has 1 aromatic heterocycles. The van der Waals surface area contributed by atoms with Gasteiger partial charge in [0.15, 0.2) is 9.84 Å². The fourth-order valence-electron chi connectivity index (χ4n) is 2.26. The number of aryl methyl sites for hydroxylation is 1. The number of hydrogen-bond donors (Lipinski definition) is 0. The summed E-state index contributed by atoms with van der Waals surface area (Å²) < 4.78 is 25.4. The number of sulfone groups is 1. The van der Waals surface area contributed by atoms with Crippen molar-refractivity contribution in [2.45, 2.75) is 6.54 Å². The molecule has 0 amide bonds. The topological polar surface area (TPSA) is 58.4 Å². The van der Waals surface area contributed by atoms with Gasteiger partial charge < -0.3 is 4.90 Å². The van der Waals surface area contributed by atoms with Gasteiger partial charge in [-0.05, 0) is 29.0 Å². The summed E-state index contributed by atoms with van der Waals surface area (Å²) in [5, 5.41) is 4.26. The predicted molar refractivity (Wildman–Crippen MR) is 82.3 cm³/mol. The van der Waals surface area contributed by atoms with E-state index < -0.39 is 9.84 Å². The highest BCUT2D eigenvalue weighted by molar-refractivity contribution is 9.10. The van der Waals surface area contributed by atoms with Crippen molar-refractivity contribution in [2.75, 3.05) is 44.7 Å². The molecule has 1 aliphatic heterocycles. The first-order valence-electron chi connectivity index (χ1n) is 6.65. The third-order valence-electron chi connectivity index (χ3n) is 3.61. The van der Waals surface area contributed by atoms with E-state index in [0.717, 1.165) is 29.9 Å². The molecule has 0 bridgehead atoms. The van der Waals surface area contributed by atoms with Gasteiger partial charge in [-0.15, -0.1) is 0 Å². The third kappa shape index (κ3) is 4.54. The van der Waals surface area contributed by atoms with Crippen LogP contribution in [0.3, 0.4) is 0 Å². The summed E-state index contributed by atoms with van der Waals surface area (Å²) in [5.41, 5.74) is 1.15. The largest absolute Gasteiger partial charge is 0.300 e. The van der Waals surface area contributed by atoms with Crippen molar-refractivity contribution in [1.29, 1.82) is 0 Å². The maximum absolute atomic E-state index is 11.4. The van der Waals surface area contributed by atoms with E-state index in [-0.39, 0.29) is 0 Å². The van der Waals surface area contributed by atoms with Gasteiger partial charge in [0.1, 0.15) is 4.60 Å². The lowest BCUT2D eigenvalue weighted by Gasteiger charge is -2.28. The summed E-state index contributed by atoms with van der Waals surface area (Å²) in [4.78, 5) is 4.45. The first kappa shape index (κ1) is 15.9. The summed E-state index contributed by atoms with van der Waals surface area (Å²) in [6.07, 6.45) is 0. The average molecular weight is 365 g/mol. The van der Waals surface area contributed by atoms with E-state index in [1.807, 2.05) is 17.8 Å². The zero-order valence-electron chi connectivity index (χ0n) is 11.9. The van der Waals surface area contributed by atoms with Crippen molar-refractivity contribution >= 4 is 25.8 Å². The summed E-state index contributed by atoms with van der Waals surface area (Å²) >= 11 is 3.37. The van der Waals surface area contributed by atoms with Crippen LogP contribution >= 0.6 is 15.9 Å². The molecule has 8 heteroatoms. The molecule has 0 unspecified atom stereocenters. The van der Waals surface area contributed by atoms with Crippen molar-refractivity contribution in [3.05, 3.63) is 16.4 Å². The molecule has 114 valence electrons. The van der Waals surface area contributed by atoms with E-state index >= 15 is 0 Å². The van der Waals surface area contributed by atoms with Crippen LogP contribution in [0.1, 0.15) is 5.69 Å². The highest BCUT2D eigenvalue weighted by atomic mass is 79.9. The van der Waals surface area contributed by atoms with Crippen LogP contribution in [0.15, 0.2) is 10.7 Å². The summed E-state index contributed by atoms with van der Waals surface area (Å²) in [5.74, 6) is 0.594. The van der Waals surface area contributed by atoms with Crippen LogP contribution in [-0.4, -0.2) is 72.7 Å². The Bertz CT molecular complexity index is 544. The van der Waals surface area contributed by atoms with Gasteiger partial charge in [-0.25, -0.2) is 8.42 Å². The van der Waals surface area contributed by atoms with Gasteiger partial charge >= 0.3 is 0 Å². The quantitative estimate of drug-likeness (QED) is 0.754. The summed E-state index contributed by atoms with van der Waals surface area (Å²) in [7, 11) is 1.23. The molecule has 0 radical (unpaired) electrons. The summed E-state index contributed by atoms with van der Waals surface area (Å²) in [6.45, 7) is 3.98.